The summed E-state index contributed by atoms with van der Waals surface area (Å²) in [6.45, 7) is 11.8. The third-order valence-corrected chi connectivity index (χ3v) is 7.47. The third kappa shape index (κ3) is 5.34. The summed E-state index contributed by atoms with van der Waals surface area (Å²) in [7, 11) is -1.46. The standard InChI is InChI=1S/C22H34N2O5S/c1-5-28-19-8-6-18(7-9-19)23-12-14-24(15-13-23)30(26)22(10-16-27-17-11-22)20(25)29-21(2,3)4/h6-9H,5,10-17H2,1-4H3. The van der Waals surface area contributed by atoms with Gasteiger partial charge in [0.05, 0.1) is 6.61 Å². The molecule has 1 unspecified atom stereocenters. The summed E-state index contributed by atoms with van der Waals surface area (Å²) in [5.74, 6) is 0.491. The van der Waals surface area contributed by atoms with Crippen LogP contribution in [0.2, 0.25) is 0 Å². The SMILES string of the molecule is CCOc1ccc(N2CCN(S(=O)C3(C(=O)OC(C)(C)C)CCOCC3)CC2)cc1. The van der Waals surface area contributed by atoms with Crippen molar-refractivity contribution in [1.29, 1.82) is 0 Å². The molecule has 0 N–H and O–H groups in total. The fourth-order valence-corrected chi connectivity index (χ4v) is 5.49. The Morgan fingerprint density at radius 2 is 1.70 bits per heavy atom. The highest BCUT2D eigenvalue weighted by Gasteiger charge is 2.51. The fraction of sp³-hybridized carbons (Fsp3) is 0.682. The van der Waals surface area contributed by atoms with E-state index in [9.17, 15) is 9.00 Å². The van der Waals surface area contributed by atoms with Crippen molar-refractivity contribution >= 4 is 22.6 Å². The van der Waals surface area contributed by atoms with Gasteiger partial charge in [0.1, 0.15) is 22.3 Å². The first-order valence-corrected chi connectivity index (χ1v) is 11.8. The molecule has 0 bridgehead atoms. The van der Waals surface area contributed by atoms with Crippen molar-refractivity contribution in [2.24, 2.45) is 0 Å². The maximum Gasteiger partial charge on any atom is 0.326 e. The Morgan fingerprint density at radius 1 is 1.10 bits per heavy atom. The summed E-state index contributed by atoms with van der Waals surface area (Å²) < 4.78 is 31.2. The molecular weight excluding hydrogens is 404 g/mol. The molecule has 1 aromatic carbocycles. The third-order valence-electron chi connectivity index (χ3n) is 5.39. The minimum atomic E-state index is -1.46. The summed E-state index contributed by atoms with van der Waals surface area (Å²) in [5, 5.41) is 0. The van der Waals surface area contributed by atoms with E-state index in [1.807, 2.05) is 44.1 Å². The van der Waals surface area contributed by atoms with E-state index in [1.165, 1.54) is 0 Å². The van der Waals surface area contributed by atoms with E-state index in [0.717, 1.165) is 24.5 Å². The molecule has 2 aliphatic heterocycles. The number of hydrogen-bond donors (Lipinski definition) is 0. The van der Waals surface area contributed by atoms with Gasteiger partial charge in [0.2, 0.25) is 0 Å². The fourth-order valence-electron chi connectivity index (χ4n) is 3.80. The van der Waals surface area contributed by atoms with E-state index >= 15 is 0 Å². The number of nitrogens with zero attached hydrogens (tertiary/aromatic N) is 2. The van der Waals surface area contributed by atoms with Crippen molar-refractivity contribution in [3.8, 4) is 5.75 Å². The number of ether oxygens (including phenoxy) is 3. The molecule has 0 aliphatic carbocycles. The predicted molar refractivity (Wildman–Crippen MR) is 118 cm³/mol. The number of benzene rings is 1. The Balaban J connectivity index is 1.66. The zero-order chi connectivity index (χ0) is 21.8. The van der Waals surface area contributed by atoms with Crippen LogP contribution in [0.1, 0.15) is 40.5 Å². The topological polar surface area (TPSA) is 68.3 Å². The summed E-state index contributed by atoms with van der Waals surface area (Å²) >= 11 is 0. The number of anilines is 1. The quantitative estimate of drug-likeness (QED) is 0.636. The van der Waals surface area contributed by atoms with Crippen molar-refractivity contribution in [2.75, 3.05) is 50.9 Å². The van der Waals surface area contributed by atoms with Gasteiger partial charge in [-0.3, -0.25) is 4.79 Å². The molecule has 8 heteroatoms. The molecule has 0 saturated carbocycles. The van der Waals surface area contributed by atoms with Crippen LogP contribution in [0, 0.1) is 0 Å². The molecular formula is C22H34N2O5S. The molecule has 3 rings (SSSR count). The molecule has 7 nitrogen and oxygen atoms in total. The molecule has 168 valence electrons. The zero-order valence-corrected chi connectivity index (χ0v) is 19.3. The van der Waals surface area contributed by atoms with Crippen molar-refractivity contribution < 1.29 is 23.2 Å². The van der Waals surface area contributed by atoms with Gasteiger partial charge in [0, 0.05) is 45.1 Å². The van der Waals surface area contributed by atoms with Gasteiger partial charge in [-0.25, -0.2) is 8.51 Å². The first kappa shape index (κ1) is 23.0. The van der Waals surface area contributed by atoms with Gasteiger partial charge in [0.15, 0.2) is 4.75 Å². The molecule has 2 heterocycles. The maximum absolute atomic E-state index is 13.6. The second-order valence-corrected chi connectivity index (χ2v) is 10.5. The minimum Gasteiger partial charge on any atom is -0.494 e. The lowest BCUT2D eigenvalue weighted by molar-refractivity contribution is -0.160. The molecule has 30 heavy (non-hydrogen) atoms. The van der Waals surface area contributed by atoms with Crippen molar-refractivity contribution in [1.82, 2.24) is 4.31 Å². The highest BCUT2D eigenvalue weighted by atomic mass is 32.2. The molecule has 1 aromatic rings. The number of hydrogen-bond acceptors (Lipinski definition) is 6. The van der Waals surface area contributed by atoms with Crippen LogP contribution in [0.5, 0.6) is 5.75 Å². The number of carbonyl (C=O) groups is 1. The normalized spacial score (nSPS) is 21.1. The molecule has 0 spiro atoms. The van der Waals surface area contributed by atoms with Crippen LogP contribution in [-0.2, 0) is 25.3 Å². The average Bonchev–Trinajstić information content (AvgIpc) is 2.73. The van der Waals surface area contributed by atoms with Gasteiger partial charge in [-0.15, -0.1) is 0 Å². The van der Waals surface area contributed by atoms with Crippen LogP contribution in [-0.4, -0.2) is 70.8 Å². The second-order valence-electron chi connectivity index (χ2n) is 8.70. The van der Waals surface area contributed by atoms with Crippen LogP contribution in [0.4, 0.5) is 5.69 Å². The summed E-state index contributed by atoms with van der Waals surface area (Å²) in [4.78, 5) is 15.3. The van der Waals surface area contributed by atoms with Crippen LogP contribution in [0.25, 0.3) is 0 Å². The van der Waals surface area contributed by atoms with E-state index in [2.05, 4.69) is 17.0 Å². The van der Waals surface area contributed by atoms with E-state index in [-0.39, 0.29) is 5.97 Å². The first-order valence-electron chi connectivity index (χ1n) is 10.7. The van der Waals surface area contributed by atoms with Crippen molar-refractivity contribution in [3.05, 3.63) is 24.3 Å². The van der Waals surface area contributed by atoms with Crippen LogP contribution >= 0.6 is 0 Å². The van der Waals surface area contributed by atoms with Gasteiger partial charge in [0.25, 0.3) is 0 Å². The number of esters is 1. The monoisotopic (exact) mass is 438 g/mol. The van der Waals surface area contributed by atoms with Crippen LogP contribution in [0.15, 0.2) is 24.3 Å². The van der Waals surface area contributed by atoms with E-state index in [0.29, 0.717) is 45.8 Å². The Hall–Kier alpha value is -1.64. The molecule has 0 aromatic heterocycles. The first-order chi connectivity index (χ1) is 14.2. The minimum absolute atomic E-state index is 0.370. The lowest BCUT2D eigenvalue weighted by Crippen LogP contribution is -2.58. The molecule has 0 amide bonds. The van der Waals surface area contributed by atoms with Crippen molar-refractivity contribution in [3.63, 3.8) is 0 Å². The van der Waals surface area contributed by atoms with E-state index in [1.54, 1.807) is 0 Å². The summed E-state index contributed by atoms with van der Waals surface area (Å²) in [6, 6.07) is 8.06. The van der Waals surface area contributed by atoms with Gasteiger partial charge in [-0.05, 0) is 64.8 Å². The Kier molecular flexibility index (Phi) is 7.42. The largest absolute Gasteiger partial charge is 0.494 e. The predicted octanol–water partition coefficient (Wildman–Crippen LogP) is 2.76. The van der Waals surface area contributed by atoms with Crippen molar-refractivity contribution in [2.45, 2.75) is 50.9 Å². The Morgan fingerprint density at radius 3 is 2.23 bits per heavy atom. The summed E-state index contributed by atoms with van der Waals surface area (Å²) in [5.41, 5.74) is 0.510. The lowest BCUT2D eigenvalue weighted by atomic mass is 9.99. The van der Waals surface area contributed by atoms with E-state index < -0.39 is 21.3 Å². The Bertz CT molecular complexity index is 733. The molecule has 2 saturated heterocycles. The molecule has 1 atom stereocenters. The van der Waals surface area contributed by atoms with Crippen LogP contribution in [0.3, 0.4) is 0 Å². The highest BCUT2D eigenvalue weighted by molar-refractivity contribution is 7.85. The number of piperazine rings is 1. The van der Waals surface area contributed by atoms with Gasteiger partial charge in [-0.1, -0.05) is 0 Å². The average molecular weight is 439 g/mol. The van der Waals surface area contributed by atoms with E-state index in [4.69, 9.17) is 14.2 Å². The maximum atomic E-state index is 13.6. The second kappa shape index (κ2) is 9.66. The number of carbonyl (C=O) groups excluding carboxylic acids is 1. The molecule has 2 aliphatic rings. The molecule has 0 radical (unpaired) electrons. The smallest absolute Gasteiger partial charge is 0.326 e. The van der Waals surface area contributed by atoms with Crippen LogP contribution < -0.4 is 9.64 Å². The zero-order valence-electron chi connectivity index (χ0n) is 18.5. The Labute approximate surface area is 182 Å². The summed E-state index contributed by atoms with van der Waals surface area (Å²) in [6.07, 6.45) is 0.848. The van der Waals surface area contributed by atoms with Gasteiger partial charge >= 0.3 is 5.97 Å². The number of rotatable bonds is 6. The van der Waals surface area contributed by atoms with Gasteiger partial charge in [-0.2, -0.15) is 0 Å². The van der Waals surface area contributed by atoms with Gasteiger partial charge < -0.3 is 19.1 Å². The highest BCUT2D eigenvalue weighted by Crippen LogP contribution is 2.33. The lowest BCUT2D eigenvalue weighted by Gasteiger charge is -2.42. The molecule has 2 fully saturated rings.